The number of benzene rings is 1. The molecule has 0 unspecified atom stereocenters. The number of hydrogen-bond donors (Lipinski definition) is 2. The van der Waals surface area contributed by atoms with Crippen LogP contribution in [0.1, 0.15) is 0 Å². The van der Waals surface area contributed by atoms with Gasteiger partial charge in [0.25, 0.3) is 0 Å². The second-order valence-corrected chi connectivity index (χ2v) is 6.07. The first-order valence-corrected chi connectivity index (χ1v) is 6.89. The molecular weight excluding hydrogens is 258 g/mol. The predicted molar refractivity (Wildman–Crippen MR) is 63.8 cm³/mol. The first-order chi connectivity index (χ1) is 8.45. The van der Waals surface area contributed by atoms with Gasteiger partial charge >= 0.3 is 0 Å². The van der Waals surface area contributed by atoms with E-state index in [-0.39, 0.29) is 18.0 Å². The summed E-state index contributed by atoms with van der Waals surface area (Å²) in [6.45, 7) is -0.176. The maximum absolute atomic E-state index is 12.2. The van der Waals surface area contributed by atoms with Crippen LogP contribution < -0.4 is 4.74 Å². The molecule has 1 heterocycles. The molecular formula is C11H15NO5S. The number of aliphatic hydroxyl groups excluding tert-OH is 2. The standard InChI is InChI=1S/C11H15NO5S/c1-17-8-2-4-9(5-3-8)18(15,16)12-6-10(13)11(14)7-12/h2-5,10-11,13-14H,6-7H2,1H3/t10-,11+. The molecule has 1 aliphatic heterocycles. The van der Waals surface area contributed by atoms with Gasteiger partial charge in [0.15, 0.2) is 0 Å². The summed E-state index contributed by atoms with van der Waals surface area (Å²) in [5.41, 5.74) is 0. The van der Waals surface area contributed by atoms with Crippen molar-refractivity contribution in [3.8, 4) is 5.75 Å². The maximum Gasteiger partial charge on any atom is 0.243 e. The summed E-state index contributed by atoms with van der Waals surface area (Å²) in [4.78, 5) is 0.115. The second kappa shape index (κ2) is 4.85. The van der Waals surface area contributed by atoms with E-state index in [0.717, 1.165) is 4.31 Å². The zero-order valence-electron chi connectivity index (χ0n) is 9.85. The van der Waals surface area contributed by atoms with Gasteiger partial charge in [-0.3, -0.25) is 0 Å². The van der Waals surface area contributed by atoms with Crippen molar-refractivity contribution in [1.29, 1.82) is 0 Å². The molecule has 2 rings (SSSR count). The lowest BCUT2D eigenvalue weighted by molar-refractivity contribution is 0.0572. The third-order valence-corrected chi connectivity index (χ3v) is 4.77. The Morgan fingerprint density at radius 2 is 1.67 bits per heavy atom. The lowest BCUT2D eigenvalue weighted by Gasteiger charge is -2.15. The van der Waals surface area contributed by atoms with E-state index in [9.17, 15) is 18.6 Å². The molecule has 6 nitrogen and oxygen atoms in total. The van der Waals surface area contributed by atoms with E-state index in [0.29, 0.717) is 5.75 Å². The summed E-state index contributed by atoms with van der Waals surface area (Å²) in [5.74, 6) is 0.565. The molecule has 1 aromatic carbocycles. The molecule has 1 saturated heterocycles. The first kappa shape index (κ1) is 13.3. The highest BCUT2D eigenvalue weighted by Crippen LogP contribution is 2.23. The lowest BCUT2D eigenvalue weighted by atomic mass is 10.3. The van der Waals surface area contributed by atoms with Crippen molar-refractivity contribution in [2.75, 3.05) is 20.2 Å². The number of rotatable bonds is 3. The molecule has 0 radical (unpaired) electrons. The zero-order chi connectivity index (χ0) is 13.3. The van der Waals surface area contributed by atoms with E-state index >= 15 is 0 Å². The summed E-state index contributed by atoms with van der Waals surface area (Å²) < 4.78 is 30.4. The summed E-state index contributed by atoms with van der Waals surface area (Å²) in [6, 6.07) is 5.97. The Balaban J connectivity index is 2.25. The minimum Gasteiger partial charge on any atom is -0.497 e. The Morgan fingerprint density at radius 1 is 1.17 bits per heavy atom. The van der Waals surface area contributed by atoms with Gasteiger partial charge in [0.1, 0.15) is 5.75 Å². The van der Waals surface area contributed by atoms with Crippen molar-refractivity contribution >= 4 is 10.0 Å². The summed E-state index contributed by atoms with van der Waals surface area (Å²) in [7, 11) is -2.18. The quantitative estimate of drug-likeness (QED) is 0.769. The van der Waals surface area contributed by atoms with E-state index in [2.05, 4.69) is 0 Å². The molecule has 0 saturated carbocycles. The van der Waals surface area contributed by atoms with Crippen molar-refractivity contribution in [2.24, 2.45) is 0 Å². The minimum absolute atomic E-state index is 0.0878. The molecule has 1 fully saturated rings. The Kier molecular flexibility index (Phi) is 3.58. The fourth-order valence-corrected chi connectivity index (χ4v) is 3.30. The van der Waals surface area contributed by atoms with Gasteiger partial charge in [-0.05, 0) is 24.3 Å². The zero-order valence-corrected chi connectivity index (χ0v) is 10.7. The number of aliphatic hydroxyl groups is 2. The molecule has 0 aromatic heterocycles. The Morgan fingerprint density at radius 3 is 2.11 bits per heavy atom. The van der Waals surface area contributed by atoms with Crippen molar-refractivity contribution in [2.45, 2.75) is 17.1 Å². The van der Waals surface area contributed by atoms with Crippen LogP contribution >= 0.6 is 0 Å². The highest BCUT2D eigenvalue weighted by molar-refractivity contribution is 7.89. The normalized spacial score (nSPS) is 25.3. The van der Waals surface area contributed by atoms with E-state index < -0.39 is 22.2 Å². The van der Waals surface area contributed by atoms with Gasteiger partial charge in [0.05, 0.1) is 24.2 Å². The second-order valence-electron chi connectivity index (χ2n) is 4.13. The smallest absolute Gasteiger partial charge is 0.243 e. The molecule has 1 aromatic rings. The summed E-state index contributed by atoms with van der Waals surface area (Å²) in [6.07, 6.45) is -2.06. The number of β-amino-alcohol motifs (C(OH)–C–C–N with tert-alkyl or cyclic N) is 2. The van der Waals surface area contributed by atoms with E-state index in [1.165, 1.54) is 19.2 Å². The molecule has 0 bridgehead atoms. The van der Waals surface area contributed by atoms with E-state index in [1.807, 2.05) is 0 Å². The van der Waals surface area contributed by atoms with Gasteiger partial charge in [0, 0.05) is 13.1 Å². The Labute approximate surface area is 105 Å². The van der Waals surface area contributed by atoms with Crippen LogP contribution in [0.15, 0.2) is 29.2 Å². The SMILES string of the molecule is COc1ccc(S(=O)(=O)N2C[C@@H](O)[C@@H](O)C2)cc1. The van der Waals surface area contributed by atoms with Crippen molar-refractivity contribution < 1.29 is 23.4 Å². The Bertz CT molecular complexity index is 503. The van der Waals surface area contributed by atoms with Crippen molar-refractivity contribution in [3.05, 3.63) is 24.3 Å². The number of ether oxygens (including phenoxy) is 1. The van der Waals surface area contributed by atoms with Crippen LogP contribution in [-0.4, -0.2) is 55.3 Å². The topological polar surface area (TPSA) is 87.1 Å². The Hall–Kier alpha value is -1.15. The highest BCUT2D eigenvalue weighted by Gasteiger charge is 2.37. The monoisotopic (exact) mass is 273 g/mol. The fourth-order valence-electron chi connectivity index (χ4n) is 1.83. The third-order valence-electron chi connectivity index (χ3n) is 2.92. The first-order valence-electron chi connectivity index (χ1n) is 5.45. The van der Waals surface area contributed by atoms with E-state index in [4.69, 9.17) is 4.74 Å². The van der Waals surface area contributed by atoms with Crippen molar-refractivity contribution in [1.82, 2.24) is 4.31 Å². The van der Waals surface area contributed by atoms with Crippen LogP contribution in [0.5, 0.6) is 5.75 Å². The molecule has 0 amide bonds. The average molecular weight is 273 g/mol. The van der Waals surface area contributed by atoms with Gasteiger partial charge in [-0.1, -0.05) is 0 Å². The summed E-state index contributed by atoms with van der Waals surface area (Å²) in [5, 5.41) is 18.8. The van der Waals surface area contributed by atoms with Crippen molar-refractivity contribution in [3.63, 3.8) is 0 Å². The number of methoxy groups -OCH3 is 1. The third kappa shape index (κ3) is 2.35. The van der Waals surface area contributed by atoms with Crippen LogP contribution in [0, 0.1) is 0 Å². The van der Waals surface area contributed by atoms with Crippen LogP contribution in [0.4, 0.5) is 0 Å². The van der Waals surface area contributed by atoms with Gasteiger partial charge in [-0.2, -0.15) is 4.31 Å². The largest absolute Gasteiger partial charge is 0.497 e. The summed E-state index contributed by atoms with van der Waals surface area (Å²) >= 11 is 0. The van der Waals surface area contributed by atoms with Gasteiger partial charge < -0.3 is 14.9 Å². The number of sulfonamides is 1. The molecule has 18 heavy (non-hydrogen) atoms. The van der Waals surface area contributed by atoms with Gasteiger partial charge in [0.2, 0.25) is 10.0 Å². The molecule has 2 N–H and O–H groups in total. The molecule has 2 atom stereocenters. The fraction of sp³-hybridized carbons (Fsp3) is 0.455. The minimum atomic E-state index is -3.67. The number of hydrogen-bond acceptors (Lipinski definition) is 5. The van der Waals surface area contributed by atoms with E-state index in [1.54, 1.807) is 12.1 Å². The molecule has 0 aliphatic carbocycles. The number of nitrogens with zero attached hydrogens (tertiary/aromatic N) is 1. The van der Waals surface area contributed by atoms with Crippen LogP contribution in [-0.2, 0) is 10.0 Å². The molecule has 1 aliphatic rings. The maximum atomic E-state index is 12.2. The highest BCUT2D eigenvalue weighted by atomic mass is 32.2. The van der Waals surface area contributed by atoms with Gasteiger partial charge in [-0.15, -0.1) is 0 Å². The van der Waals surface area contributed by atoms with Crippen LogP contribution in [0.2, 0.25) is 0 Å². The molecule has 100 valence electrons. The van der Waals surface area contributed by atoms with Gasteiger partial charge in [-0.25, -0.2) is 8.42 Å². The molecule has 0 spiro atoms. The average Bonchev–Trinajstić information content (AvgIpc) is 2.70. The van der Waals surface area contributed by atoms with Crippen LogP contribution in [0.25, 0.3) is 0 Å². The molecule has 7 heteroatoms. The lowest BCUT2D eigenvalue weighted by Crippen LogP contribution is -2.29. The van der Waals surface area contributed by atoms with Crippen LogP contribution in [0.3, 0.4) is 0 Å². The predicted octanol–water partition coefficient (Wildman–Crippen LogP) is -0.579.